The average Bonchev–Trinajstić information content (AvgIpc) is 3.10. The summed E-state index contributed by atoms with van der Waals surface area (Å²) in [5, 5.41) is 0.663. The molecule has 2 aromatic rings. The SMILES string of the molecule is O=C1C(=O)N(C2CCCCC2)C(=O)N1Cc1nc2ccccc2s1. The lowest BCUT2D eigenvalue weighted by atomic mass is 9.94. The molecule has 2 aliphatic rings. The maximum absolute atomic E-state index is 12.6. The molecule has 1 aliphatic heterocycles. The monoisotopic (exact) mass is 343 g/mol. The summed E-state index contributed by atoms with van der Waals surface area (Å²) < 4.78 is 1.00. The molecule has 0 radical (unpaired) electrons. The minimum Gasteiger partial charge on any atom is -0.263 e. The van der Waals surface area contributed by atoms with Crippen LogP contribution in [0.3, 0.4) is 0 Å². The number of hydrogen-bond acceptors (Lipinski definition) is 5. The lowest BCUT2D eigenvalue weighted by Gasteiger charge is -2.28. The summed E-state index contributed by atoms with van der Waals surface area (Å²) >= 11 is 1.44. The van der Waals surface area contributed by atoms with Gasteiger partial charge >= 0.3 is 17.8 Å². The number of aromatic nitrogens is 1. The Balaban J connectivity index is 1.57. The van der Waals surface area contributed by atoms with E-state index in [1.807, 2.05) is 24.3 Å². The molecule has 4 rings (SSSR count). The zero-order valence-corrected chi connectivity index (χ0v) is 13.9. The van der Waals surface area contributed by atoms with E-state index in [0.29, 0.717) is 5.01 Å². The van der Waals surface area contributed by atoms with Crippen molar-refractivity contribution in [2.45, 2.75) is 44.7 Å². The van der Waals surface area contributed by atoms with Gasteiger partial charge < -0.3 is 0 Å². The van der Waals surface area contributed by atoms with Crippen LogP contribution in [0.2, 0.25) is 0 Å². The van der Waals surface area contributed by atoms with E-state index in [1.54, 1.807) is 0 Å². The number of para-hydroxylation sites is 1. The first-order valence-corrected chi connectivity index (χ1v) is 9.00. The summed E-state index contributed by atoms with van der Waals surface area (Å²) in [6, 6.07) is 7.03. The van der Waals surface area contributed by atoms with E-state index in [0.717, 1.165) is 47.2 Å². The molecule has 1 saturated carbocycles. The van der Waals surface area contributed by atoms with Gasteiger partial charge in [-0.1, -0.05) is 31.4 Å². The molecule has 2 fully saturated rings. The number of urea groups is 1. The maximum Gasteiger partial charge on any atom is 0.334 e. The summed E-state index contributed by atoms with van der Waals surface area (Å²) in [6.45, 7) is 0.0615. The van der Waals surface area contributed by atoms with Crippen molar-refractivity contribution >= 4 is 39.4 Å². The second kappa shape index (κ2) is 5.98. The lowest BCUT2D eigenvalue weighted by Crippen LogP contribution is -2.42. The third-order valence-electron chi connectivity index (χ3n) is 4.66. The summed E-state index contributed by atoms with van der Waals surface area (Å²) in [5.41, 5.74) is 0.840. The number of nitrogens with zero attached hydrogens (tertiary/aromatic N) is 3. The molecule has 2 heterocycles. The minimum atomic E-state index is -0.732. The average molecular weight is 343 g/mol. The van der Waals surface area contributed by atoms with E-state index in [-0.39, 0.29) is 12.6 Å². The Kier molecular flexibility index (Phi) is 3.80. The molecule has 1 aliphatic carbocycles. The molecular weight excluding hydrogens is 326 g/mol. The van der Waals surface area contributed by atoms with E-state index in [2.05, 4.69) is 4.98 Å². The van der Waals surface area contributed by atoms with Crippen LogP contribution < -0.4 is 0 Å². The molecule has 124 valence electrons. The van der Waals surface area contributed by atoms with Crippen LogP contribution in [0.1, 0.15) is 37.1 Å². The number of rotatable bonds is 3. The fourth-order valence-corrected chi connectivity index (χ4v) is 4.40. The van der Waals surface area contributed by atoms with Gasteiger partial charge in [-0.2, -0.15) is 0 Å². The van der Waals surface area contributed by atoms with Gasteiger partial charge in [-0.3, -0.25) is 14.5 Å². The van der Waals surface area contributed by atoms with E-state index in [1.165, 1.54) is 16.2 Å². The first-order valence-electron chi connectivity index (χ1n) is 8.18. The van der Waals surface area contributed by atoms with Crippen LogP contribution >= 0.6 is 11.3 Å². The molecule has 0 atom stereocenters. The number of fused-ring (bicyclic) bond motifs is 1. The van der Waals surface area contributed by atoms with Gasteiger partial charge in [-0.05, 0) is 25.0 Å². The largest absolute Gasteiger partial charge is 0.334 e. The first-order chi connectivity index (χ1) is 11.6. The third-order valence-corrected chi connectivity index (χ3v) is 5.68. The highest BCUT2D eigenvalue weighted by atomic mass is 32.1. The molecule has 1 aromatic heterocycles. The van der Waals surface area contributed by atoms with Crippen LogP contribution in [0.25, 0.3) is 10.2 Å². The molecule has 24 heavy (non-hydrogen) atoms. The van der Waals surface area contributed by atoms with Gasteiger partial charge in [0.15, 0.2) is 0 Å². The highest BCUT2D eigenvalue weighted by molar-refractivity contribution is 7.18. The fraction of sp³-hybridized carbons (Fsp3) is 0.412. The standard InChI is InChI=1S/C17H17N3O3S/c21-15-16(22)20(11-6-2-1-3-7-11)17(23)19(15)10-14-18-12-8-4-5-9-13(12)24-14/h4-5,8-9,11H,1-3,6-7,10H2. The fourth-order valence-electron chi connectivity index (χ4n) is 3.45. The maximum atomic E-state index is 12.6. The summed E-state index contributed by atoms with van der Waals surface area (Å²) in [6.07, 6.45) is 4.69. The number of hydrogen-bond donors (Lipinski definition) is 0. The van der Waals surface area contributed by atoms with Crippen molar-refractivity contribution in [2.24, 2.45) is 0 Å². The zero-order valence-electron chi connectivity index (χ0n) is 13.1. The van der Waals surface area contributed by atoms with Gasteiger partial charge in [0.25, 0.3) is 0 Å². The van der Waals surface area contributed by atoms with E-state index < -0.39 is 17.8 Å². The highest BCUT2D eigenvalue weighted by Crippen LogP contribution is 2.29. The van der Waals surface area contributed by atoms with Crippen molar-refractivity contribution in [3.05, 3.63) is 29.3 Å². The van der Waals surface area contributed by atoms with Crippen molar-refractivity contribution in [2.75, 3.05) is 0 Å². The van der Waals surface area contributed by atoms with Crippen LogP contribution in [0.5, 0.6) is 0 Å². The van der Waals surface area contributed by atoms with Gasteiger partial charge in [0.05, 0.1) is 16.8 Å². The summed E-state index contributed by atoms with van der Waals surface area (Å²) in [5.74, 6) is -1.42. The minimum absolute atomic E-state index is 0.0615. The van der Waals surface area contributed by atoms with Gasteiger partial charge in [-0.15, -0.1) is 11.3 Å². The van der Waals surface area contributed by atoms with Crippen molar-refractivity contribution in [3.63, 3.8) is 0 Å². The van der Waals surface area contributed by atoms with Crippen molar-refractivity contribution in [1.29, 1.82) is 0 Å². The Morgan fingerprint density at radius 3 is 2.54 bits per heavy atom. The second-order valence-corrected chi connectivity index (χ2v) is 7.33. The summed E-state index contributed by atoms with van der Waals surface area (Å²) in [7, 11) is 0. The van der Waals surface area contributed by atoms with Gasteiger partial charge in [0.1, 0.15) is 5.01 Å². The van der Waals surface area contributed by atoms with Crippen LogP contribution in [0.15, 0.2) is 24.3 Å². The molecule has 4 amide bonds. The molecule has 1 saturated heterocycles. The number of amides is 4. The smallest absolute Gasteiger partial charge is 0.263 e. The molecule has 0 bridgehead atoms. The number of carbonyl (C=O) groups is 3. The van der Waals surface area contributed by atoms with Crippen LogP contribution in [0.4, 0.5) is 4.79 Å². The Bertz CT molecular complexity index is 792. The number of benzene rings is 1. The van der Waals surface area contributed by atoms with Gasteiger partial charge in [0, 0.05) is 6.04 Å². The Morgan fingerprint density at radius 2 is 1.79 bits per heavy atom. The third kappa shape index (κ3) is 2.49. The normalized spacial score (nSPS) is 19.8. The number of imide groups is 2. The Hall–Kier alpha value is -2.28. The molecule has 0 unspecified atom stereocenters. The van der Waals surface area contributed by atoms with Crippen molar-refractivity contribution in [1.82, 2.24) is 14.8 Å². The van der Waals surface area contributed by atoms with E-state index >= 15 is 0 Å². The molecule has 0 N–H and O–H groups in total. The molecule has 1 aromatic carbocycles. The zero-order chi connectivity index (χ0) is 16.7. The van der Waals surface area contributed by atoms with Crippen molar-refractivity contribution < 1.29 is 14.4 Å². The predicted molar refractivity (Wildman–Crippen MR) is 89.3 cm³/mol. The topological polar surface area (TPSA) is 70.6 Å². The Labute approximate surface area is 143 Å². The Morgan fingerprint density at radius 1 is 1.04 bits per heavy atom. The van der Waals surface area contributed by atoms with Crippen molar-refractivity contribution in [3.8, 4) is 0 Å². The molecule has 6 nitrogen and oxygen atoms in total. The molecule has 0 spiro atoms. The van der Waals surface area contributed by atoms with E-state index in [9.17, 15) is 14.4 Å². The van der Waals surface area contributed by atoms with E-state index in [4.69, 9.17) is 0 Å². The van der Waals surface area contributed by atoms with Crippen LogP contribution in [-0.4, -0.2) is 38.7 Å². The van der Waals surface area contributed by atoms with Crippen LogP contribution in [0, 0.1) is 0 Å². The molecule has 7 heteroatoms. The highest BCUT2D eigenvalue weighted by Gasteiger charge is 2.47. The van der Waals surface area contributed by atoms with Gasteiger partial charge in [0.2, 0.25) is 0 Å². The lowest BCUT2D eigenvalue weighted by molar-refractivity contribution is -0.144. The predicted octanol–water partition coefficient (Wildman–Crippen LogP) is 2.92. The first kappa shape index (κ1) is 15.3. The van der Waals surface area contributed by atoms with Gasteiger partial charge in [-0.25, -0.2) is 14.7 Å². The van der Waals surface area contributed by atoms with Crippen LogP contribution in [-0.2, 0) is 16.1 Å². The molecular formula is C17H17N3O3S. The second-order valence-electron chi connectivity index (χ2n) is 6.22. The number of thiazole rings is 1. The number of carbonyl (C=O) groups excluding carboxylic acids is 3. The quantitative estimate of drug-likeness (QED) is 0.635. The summed E-state index contributed by atoms with van der Waals surface area (Å²) in [4.78, 5) is 43.9.